The quantitative estimate of drug-likeness (QED) is 0.764. The van der Waals surface area contributed by atoms with E-state index in [-0.39, 0.29) is 5.91 Å². The summed E-state index contributed by atoms with van der Waals surface area (Å²) in [6, 6.07) is 7.03. The zero-order valence-corrected chi connectivity index (χ0v) is 14.8. The van der Waals surface area contributed by atoms with Gasteiger partial charge >= 0.3 is 0 Å². The number of hydrogen-bond acceptors (Lipinski definition) is 5. The maximum Gasteiger partial charge on any atom is 0.261 e. The van der Waals surface area contributed by atoms with Crippen molar-refractivity contribution in [2.24, 2.45) is 0 Å². The van der Waals surface area contributed by atoms with Crippen molar-refractivity contribution in [2.75, 3.05) is 19.0 Å². The third kappa shape index (κ3) is 2.67. The Morgan fingerprint density at radius 1 is 1.27 bits per heavy atom. The number of rotatable bonds is 3. The lowest BCUT2D eigenvalue weighted by atomic mass is 9.86. The molecular weight excluding hydrogens is 354 g/mol. The molecule has 3 aromatic rings. The summed E-state index contributed by atoms with van der Waals surface area (Å²) in [6.45, 7) is 0.366. The van der Waals surface area contributed by atoms with Crippen molar-refractivity contribution in [1.29, 1.82) is 0 Å². The van der Waals surface area contributed by atoms with Crippen molar-refractivity contribution < 1.29 is 14.3 Å². The molecule has 1 unspecified atom stereocenters. The first-order valence-corrected chi connectivity index (χ1v) is 8.49. The van der Waals surface area contributed by atoms with Crippen LogP contribution < -0.4 is 10.1 Å². The van der Waals surface area contributed by atoms with Crippen LogP contribution in [0.3, 0.4) is 0 Å². The minimum absolute atomic E-state index is 0.301. The lowest BCUT2D eigenvalue weighted by Gasteiger charge is -2.36. The van der Waals surface area contributed by atoms with Gasteiger partial charge in [-0.3, -0.25) is 14.8 Å². The van der Waals surface area contributed by atoms with E-state index in [1.165, 1.54) is 7.11 Å². The lowest BCUT2D eigenvalue weighted by Crippen LogP contribution is -2.45. The Morgan fingerprint density at radius 3 is 3.00 bits per heavy atom. The first-order valence-electron chi connectivity index (χ1n) is 8.11. The van der Waals surface area contributed by atoms with Crippen molar-refractivity contribution >= 4 is 34.0 Å². The number of ether oxygens (including phenoxy) is 2. The maximum absolute atomic E-state index is 13.3. The number of benzene rings is 1. The van der Waals surface area contributed by atoms with E-state index in [0.717, 1.165) is 10.8 Å². The highest BCUT2D eigenvalue weighted by Crippen LogP contribution is 2.42. The summed E-state index contributed by atoms with van der Waals surface area (Å²) in [5.41, 5.74) is -0.00210. The molecule has 6 nitrogen and oxygen atoms in total. The van der Waals surface area contributed by atoms with Crippen molar-refractivity contribution in [1.82, 2.24) is 9.97 Å². The summed E-state index contributed by atoms with van der Waals surface area (Å²) < 4.78 is 11.4. The number of nitrogens with zero attached hydrogens (tertiary/aromatic N) is 2. The van der Waals surface area contributed by atoms with E-state index in [1.54, 1.807) is 43.0 Å². The maximum atomic E-state index is 13.3. The van der Waals surface area contributed by atoms with E-state index in [4.69, 9.17) is 21.1 Å². The highest BCUT2D eigenvalue weighted by atomic mass is 35.5. The minimum atomic E-state index is -1.19. The number of methoxy groups -OCH3 is 1. The molecule has 2 aromatic heterocycles. The number of hydrogen-bond donors (Lipinski definition) is 1. The molecule has 7 heteroatoms. The summed E-state index contributed by atoms with van der Waals surface area (Å²) in [4.78, 5) is 21.6. The zero-order valence-electron chi connectivity index (χ0n) is 14.0. The fraction of sp³-hybridized carbons (Fsp3) is 0.211. The molecule has 1 atom stereocenters. The van der Waals surface area contributed by atoms with Gasteiger partial charge in [0, 0.05) is 53.5 Å². The summed E-state index contributed by atoms with van der Waals surface area (Å²) in [5.74, 6) is 0.292. The molecular formula is C19H16ClN3O3. The van der Waals surface area contributed by atoms with Gasteiger partial charge in [0.2, 0.25) is 0 Å². The summed E-state index contributed by atoms with van der Waals surface area (Å²) in [7, 11) is 1.51. The van der Waals surface area contributed by atoms with Gasteiger partial charge in [-0.05, 0) is 24.3 Å². The van der Waals surface area contributed by atoms with Crippen LogP contribution >= 0.6 is 11.6 Å². The van der Waals surface area contributed by atoms with E-state index < -0.39 is 5.60 Å². The predicted molar refractivity (Wildman–Crippen MR) is 98.4 cm³/mol. The van der Waals surface area contributed by atoms with Gasteiger partial charge in [-0.25, -0.2) is 0 Å². The van der Waals surface area contributed by atoms with E-state index in [9.17, 15) is 4.79 Å². The second-order valence-electron chi connectivity index (χ2n) is 6.01. The average molecular weight is 370 g/mol. The molecule has 1 aromatic carbocycles. The minimum Gasteiger partial charge on any atom is -0.493 e. The van der Waals surface area contributed by atoms with Crippen LogP contribution in [0.25, 0.3) is 10.8 Å². The van der Waals surface area contributed by atoms with Gasteiger partial charge in [0.05, 0.1) is 18.5 Å². The van der Waals surface area contributed by atoms with Crippen molar-refractivity contribution in [3.63, 3.8) is 0 Å². The van der Waals surface area contributed by atoms with Gasteiger partial charge in [-0.2, -0.15) is 0 Å². The van der Waals surface area contributed by atoms with Gasteiger partial charge < -0.3 is 14.8 Å². The smallest absolute Gasteiger partial charge is 0.261 e. The Morgan fingerprint density at radius 2 is 2.15 bits per heavy atom. The van der Waals surface area contributed by atoms with E-state index in [0.29, 0.717) is 35.1 Å². The van der Waals surface area contributed by atoms with Crippen LogP contribution in [0.15, 0.2) is 49.1 Å². The van der Waals surface area contributed by atoms with Crippen molar-refractivity contribution in [3.8, 4) is 5.75 Å². The second kappa shape index (κ2) is 6.55. The van der Waals surface area contributed by atoms with Crippen LogP contribution in [-0.2, 0) is 15.1 Å². The molecule has 0 aliphatic carbocycles. The second-order valence-corrected chi connectivity index (χ2v) is 6.44. The van der Waals surface area contributed by atoms with Crippen molar-refractivity contribution in [2.45, 2.75) is 12.0 Å². The predicted octanol–water partition coefficient (Wildman–Crippen LogP) is 3.55. The molecule has 0 radical (unpaired) electrons. The Hall–Kier alpha value is -2.70. The Bertz CT molecular complexity index is 989. The third-order valence-corrected chi connectivity index (χ3v) is 4.85. The fourth-order valence-electron chi connectivity index (χ4n) is 3.25. The van der Waals surface area contributed by atoms with E-state index in [2.05, 4.69) is 15.3 Å². The molecule has 1 amide bonds. The van der Waals surface area contributed by atoms with Crippen LogP contribution in [0.1, 0.15) is 12.0 Å². The van der Waals surface area contributed by atoms with Crippen molar-refractivity contribution in [3.05, 3.63) is 59.6 Å². The number of carbonyl (C=O) groups excluding carboxylic acids is 1. The first kappa shape index (κ1) is 16.8. The lowest BCUT2D eigenvalue weighted by molar-refractivity contribution is -0.142. The molecule has 1 aliphatic heterocycles. The first-order chi connectivity index (χ1) is 12.6. The molecule has 0 spiro atoms. The molecule has 1 N–H and O–H groups in total. The van der Waals surface area contributed by atoms with E-state index >= 15 is 0 Å². The average Bonchev–Trinajstić information content (AvgIpc) is 2.67. The Labute approximate surface area is 155 Å². The molecule has 4 rings (SSSR count). The zero-order chi connectivity index (χ0) is 18.1. The molecule has 132 valence electrons. The highest BCUT2D eigenvalue weighted by Gasteiger charge is 2.45. The van der Waals surface area contributed by atoms with Crippen LogP contribution in [-0.4, -0.2) is 29.6 Å². The van der Waals surface area contributed by atoms with Crippen LogP contribution in [0.5, 0.6) is 5.75 Å². The van der Waals surface area contributed by atoms with Crippen LogP contribution in [0.4, 0.5) is 5.69 Å². The Balaban J connectivity index is 1.76. The number of amides is 1. The molecule has 0 saturated carbocycles. The van der Waals surface area contributed by atoms with Gasteiger partial charge in [0.25, 0.3) is 5.91 Å². The summed E-state index contributed by atoms with van der Waals surface area (Å²) >= 11 is 6.14. The number of anilines is 1. The number of nitrogens with one attached hydrogen (secondary N) is 1. The standard InChI is InChI=1S/C19H16ClN3O3/c1-25-19(5-7-26-17-3-2-13(20)8-15(17)19)18(24)23-16-11-22-9-12-4-6-21-10-14(12)16/h2-4,6,8-11H,5,7H2,1H3,(H,23,24). The van der Waals surface area contributed by atoms with Gasteiger partial charge in [-0.15, -0.1) is 0 Å². The monoisotopic (exact) mass is 369 g/mol. The number of carbonyl (C=O) groups is 1. The molecule has 1 aliphatic rings. The number of aromatic nitrogens is 2. The van der Waals surface area contributed by atoms with Gasteiger partial charge in [0.15, 0.2) is 5.60 Å². The normalized spacial score (nSPS) is 18.8. The summed E-state index contributed by atoms with van der Waals surface area (Å²) in [5, 5.41) is 5.15. The number of fused-ring (bicyclic) bond motifs is 2. The largest absolute Gasteiger partial charge is 0.493 e. The number of pyridine rings is 2. The van der Waals surface area contributed by atoms with E-state index in [1.807, 2.05) is 6.07 Å². The third-order valence-electron chi connectivity index (χ3n) is 4.61. The molecule has 0 saturated heterocycles. The summed E-state index contributed by atoms with van der Waals surface area (Å²) in [6.07, 6.45) is 7.08. The highest BCUT2D eigenvalue weighted by molar-refractivity contribution is 6.30. The fourth-order valence-corrected chi connectivity index (χ4v) is 3.42. The van der Waals surface area contributed by atoms with Gasteiger partial charge in [0.1, 0.15) is 5.75 Å². The molecule has 0 bridgehead atoms. The number of halogens is 1. The topological polar surface area (TPSA) is 73.3 Å². The van der Waals surface area contributed by atoms with Crippen LogP contribution in [0, 0.1) is 0 Å². The van der Waals surface area contributed by atoms with Gasteiger partial charge in [-0.1, -0.05) is 11.6 Å². The molecule has 3 heterocycles. The molecule has 0 fully saturated rings. The Kier molecular flexibility index (Phi) is 4.22. The molecule has 26 heavy (non-hydrogen) atoms. The van der Waals surface area contributed by atoms with Crippen LogP contribution in [0.2, 0.25) is 5.02 Å². The SMILES string of the molecule is COC1(C(=O)Nc2cncc3ccncc23)CCOc2ccc(Cl)cc21.